The Balaban J connectivity index is 2.52. The first kappa shape index (κ1) is 13.5. The number of ether oxygens (including phenoxy) is 1. The van der Waals surface area contributed by atoms with Crippen molar-refractivity contribution in [2.75, 3.05) is 20.2 Å². The zero-order chi connectivity index (χ0) is 12.1. The predicted molar refractivity (Wildman–Crippen MR) is 64.0 cm³/mol. The van der Waals surface area contributed by atoms with Crippen LogP contribution in [-0.2, 0) is 9.53 Å². The number of carbonyl (C=O) groups excluding carboxylic acids is 1. The summed E-state index contributed by atoms with van der Waals surface area (Å²) in [7, 11) is 1.44. The third-order valence-corrected chi connectivity index (χ3v) is 3.38. The van der Waals surface area contributed by atoms with Crippen molar-refractivity contribution in [3.05, 3.63) is 0 Å². The molecule has 0 radical (unpaired) electrons. The van der Waals surface area contributed by atoms with Gasteiger partial charge in [0.2, 0.25) is 0 Å². The number of rotatable bonds is 4. The van der Waals surface area contributed by atoms with Gasteiger partial charge in [0.25, 0.3) is 0 Å². The zero-order valence-corrected chi connectivity index (χ0v) is 10.6. The van der Waals surface area contributed by atoms with Gasteiger partial charge in [-0.15, -0.1) is 0 Å². The normalized spacial score (nSPS) is 26.1. The van der Waals surface area contributed by atoms with Crippen molar-refractivity contribution in [1.29, 1.82) is 0 Å². The number of hydrogen-bond donors (Lipinski definition) is 1. The Kier molecular flexibility index (Phi) is 5.22. The Hall–Kier alpha value is -0.610. The van der Waals surface area contributed by atoms with Crippen LogP contribution in [0.3, 0.4) is 0 Å². The molecular formula is C12H24N2O2. The molecule has 3 unspecified atom stereocenters. The van der Waals surface area contributed by atoms with Crippen LogP contribution in [-0.4, -0.2) is 43.2 Å². The van der Waals surface area contributed by atoms with Crippen LogP contribution in [0.4, 0.5) is 0 Å². The fourth-order valence-electron chi connectivity index (χ4n) is 2.47. The molecule has 1 aliphatic rings. The van der Waals surface area contributed by atoms with E-state index in [0.717, 1.165) is 19.5 Å². The van der Waals surface area contributed by atoms with Gasteiger partial charge in [-0.2, -0.15) is 0 Å². The summed E-state index contributed by atoms with van der Waals surface area (Å²) in [6, 6.07) is 0.589. The average Bonchev–Trinajstić information content (AvgIpc) is 2.28. The van der Waals surface area contributed by atoms with E-state index in [1.54, 1.807) is 0 Å². The lowest BCUT2D eigenvalue weighted by Gasteiger charge is -2.38. The molecule has 1 saturated heterocycles. The second kappa shape index (κ2) is 6.21. The minimum absolute atomic E-state index is 0.0654. The van der Waals surface area contributed by atoms with Crippen LogP contribution in [0.2, 0.25) is 0 Å². The van der Waals surface area contributed by atoms with E-state index in [4.69, 9.17) is 10.5 Å². The van der Waals surface area contributed by atoms with Gasteiger partial charge in [0.1, 0.15) is 0 Å². The van der Waals surface area contributed by atoms with E-state index >= 15 is 0 Å². The van der Waals surface area contributed by atoms with Gasteiger partial charge in [-0.3, -0.25) is 9.69 Å². The number of piperidine rings is 1. The lowest BCUT2D eigenvalue weighted by Crippen LogP contribution is -2.51. The summed E-state index contributed by atoms with van der Waals surface area (Å²) in [6.07, 6.45) is 3.60. The van der Waals surface area contributed by atoms with Crippen molar-refractivity contribution in [1.82, 2.24) is 4.90 Å². The van der Waals surface area contributed by atoms with E-state index in [1.807, 2.05) is 13.8 Å². The predicted octanol–water partition coefficient (Wildman–Crippen LogP) is 0.997. The summed E-state index contributed by atoms with van der Waals surface area (Å²) in [6.45, 7) is 5.77. The van der Waals surface area contributed by atoms with Crippen LogP contribution in [0.5, 0.6) is 0 Å². The quantitative estimate of drug-likeness (QED) is 0.729. The molecule has 0 spiro atoms. The van der Waals surface area contributed by atoms with Gasteiger partial charge in [0.05, 0.1) is 13.0 Å². The number of nitrogens with zero attached hydrogens (tertiary/aromatic N) is 1. The molecule has 1 rings (SSSR count). The fraction of sp³-hybridized carbons (Fsp3) is 0.917. The molecule has 1 heterocycles. The maximum absolute atomic E-state index is 11.4. The molecule has 0 aromatic heterocycles. The average molecular weight is 228 g/mol. The number of likely N-dealkylation sites (tertiary alicyclic amines) is 1. The molecule has 0 aromatic carbocycles. The summed E-state index contributed by atoms with van der Waals surface area (Å²) < 4.78 is 4.75. The highest BCUT2D eigenvalue weighted by atomic mass is 16.5. The number of carbonyl (C=O) groups is 1. The lowest BCUT2D eigenvalue weighted by atomic mass is 9.95. The van der Waals surface area contributed by atoms with Gasteiger partial charge in [0, 0.05) is 18.6 Å². The summed E-state index contributed by atoms with van der Waals surface area (Å²) in [5.74, 6) is -0.196. The minimum Gasteiger partial charge on any atom is -0.469 e. The molecule has 1 fully saturated rings. The Morgan fingerprint density at radius 3 is 2.75 bits per heavy atom. The van der Waals surface area contributed by atoms with Gasteiger partial charge in [0.15, 0.2) is 0 Å². The number of nitrogens with two attached hydrogens (primary N) is 1. The number of hydrogen-bond acceptors (Lipinski definition) is 4. The maximum Gasteiger partial charge on any atom is 0.309 e. The second-order valence-corrected chi connectivity index (χ2v) is 4.84. The minimum atomic E-state index is -0.131. The molecule has 1 aliphatic heterocycles. The Labute approximate surface area is 98.1 Å². The first-order valence-electron chi connectivity index (χ1n) is 6.13. The molecular weight excluding hydrogens is 204 g/mol. The summed E-state index contributed by atoms with van der Waals surface area (Å²) in [5, 5.41) is 0. The highest BCUT2D eigenvalue weighted by Gasteiger charge is 2.28. The molecule has 0 saturated carbocycles. The highest BCUT2D eigenvalue weighted by Crippen LogP contribution is 2.20. The van der Waals surface area contributed by atoms with Gasteiger partial charge in [-0.25, -0.2) is 0 Å². The van der Waals surface area contributed by atoms with Crippen LogP contribution in [0, 0.1) is 5.92 Å². The van der Waals surface area contributed by atoms with E-state index in [-0.39, 0.29) is 17.9 Å². The van der Waals surface area contributed by atoms with Crippen LogP contribution in [0.1, 0.15) is 33.1 Å². The fourth-order valence-corrected chi connectivity index (χ4v) is 2.47. The van der Waals surface area contributed by atoms with Crippen molar-refractivity contribution >= 4 is 5.97 Å². The largest absolute Gasteiger partial charge is 0.469 e. The molecule has 2 N–H and O–H groups in total. The van der Waals surface area contributed by atoms with Gasteiger partial charge < -0.3 is 10.5 Å². The van der Waals surface area contributed by atoms with E-state index in [9.17, 15) is 4.79 Å². The number of methoxy groups -OCH3 is 1. The molecule has 16 heavy (non-hydrogen) atoms. The van der Waals surface area contributed by atoms with Crippen molar-refractivity contribution in [3.63, 3.8) is 0 Å². The molecule has 0 aliphatic carbocycles. The van der Waals surface area contributed by atoms with Gasteiger partial charge >= 0.3 is 5.97 Å². The standard InChI is InChI=1S/C12H24N2O2/c1-9(12(15)16-3)8-14-7-5-4-6-11(14)10(2)13/h9-11H,4-8,13H2,1-3H3. The van der Waals surface area contributed by atoms with E-state index in [1.165, 1.54) is 20.0 Å². The van der Waals surface area contributed by atoms with Crippen LogP contribution >= 0.6 is 0 Å². The summed E-state index contributed by atoms with van der Waals surface area (Å²) >= 11 is 0. The monoisotopic (exact) mass is 228 g/mol. The van der Waals surface area contributed by atoms with Crippen molar-refractivity contribution in [2.24, 2.45) is 11.7 Å². The van der Waals surface area contributed by atoms with Crippen molar-refractivity contribution in [3.8, 4) is 0 Å². The van der Waals surface area contributed by atoms with Gasteiger partial charge in [-0.1, -0.05) is 13.3 Å². The first-order valence-corrected chi connectivity index (χ1v) is 6.13. The first-order chi connectivity index (χ1) is 7.56. The van der Waals surface area contributed by atoms with E-state index in [2.05, 4.69) is 4.90 Å². The molecule has 0 amide bonds. The molecule has 3 atom stereocenters. The SMILES string of the molecule is COC(=O)C(C)CN1CCCCC1C(C)N. The van der Waals surface area contributed by atoms with Crippen molar-refractivity contribution in [2.45, 2.75) is 45.2 Å². The highest BCUT2D eigenvalue weighted by molar-refractivity contribution is 5.72. The van der Waals surface area contributed by atoms with Crippen LogP contribution in [0.25, 0.3) is 0 Å². The third kappa shape index (κ3) is 3.46. The van der Waals surface area contributed by atoms with Crippen LogP contribution in [0.15, 0.2) is 0 Å². The Morgan fingerprint density at radius 2 is 2.19 bits per heavy atom. The van der Waals surface area contributed by atoms with Crippen molar-refractivity contribution < 1.29 is 9.53 Å². The Bertz CT molecular complexity index is 231. The molecule has 0 bridgehead atoms. The number of esters is 1. The Morgan fingerprint density at radius 1 is 1.50 bits per heavy atom. The topological polar surface area (TPSA) is 55.6 Å². The molecule has 4 heteroatoms. The summed E-state index contributed by atoms with van der Waals surface area (Å²) in [4.78, 5) is 13.7. The third-order valence-electron chi connectivity index (χ3n) is 3.38. The maximum atomic E-state index is 11.4. The molecule has 4 nitrogen and oxygen atoms in total. The molecule has 94 valence electrons. The van der Waals surface area contributed by atoms with E-state index in [0.29, 0.717) is 6.04 Å². The van der Waals surface area contributed by atoms with Gasteiger partial charge in [-0.05, 0) is 26.3 Å². The molecule has 0 aromatic rings. The second-order valence-electron chi connectivity index (χ2n) is 4.84. The zero-order valence-electron chi connectivity index (χ0n) is 10.6. The van der Waals surface area contributed by atoms with E-state index < -0.39 is 0 Å². The van der Waals surface area contributed by atoms with Crippen LogP contribution < -0.4 is 5.73 Å². The lowest BCUT2D eigenvalue weighted by molar-refractivity contribution is -0.145. The summed E-state index contributed by atoms with van der Waals surface area (Å²) in [5.41, 5.74) is 5.98. The smallest absolute Gasteiger partial charge is 0.309 e.